The van der Waals surface area contributed by atoms with Crippen LogP contribution in [0.3, 0.4) is 0 Å². The van der Waals surface area contributed by atoms with Crippen LogP contribution in [-0.4, -0.2) is 44.5 Å². The highest BCUT2D eigenvalue weighted by Crippen LogP contribution is 2.16. The molecule has 0 atom stereocenters. The zero-order valence-electron chi connectivity index (χ0n) is 14.6. The number of hydrogen-bond acceptors (Lipinski definition) is 2. The molecule has 1 aromatic rings. The zero-order valence-corrected chi connectivity index (χ0v) is 14.6. The van der Waals surface area contributed by atoms with E-state index in [1.807, 2.05) is 6.92 Å². The van der Waals surface area contributed by atoms with Gasteiger partial charge in [0.15, 0.2) is 6.54 Å². The summed E-state index contributed by atoms with van der Waals surface area (Å²) >= 11 is 0. The molecule has 1 aliphatic rings. The molecule has 1 aromatic carbocycles. The van der Waals surface area contributed by atoms with E-state index in [0.717, 1.165) is 44.7 Å². The summed E-state index contributed by atoms with van der Waals surface area (Å²) in [5.74, 6) is 0.582. The predicted molar refractivity (Wildman–Crippen MR) is 94.7 cm³/mol. The Kier molecular flexibility index (Phi) is 7.75. The molecule has 2 rings (SSSR count). The molecule has 0 aliphatic carbocycles. The van der Waals surface area contributed by atoms with E-state index in [1.54, 1.807) is 0 Å². The van der Waals surface area contributed by atoms with Crippen LogP contribution in [0.4, 0.5) is 0 Å². The van der Waals surface area contributed by atoms with Crippen LogP contribution in [0.2, 0.25) is 0 Å². The average molecular weight is 332 g/mol. The normalized spacial score (nSPS) is 20.4. The lowest BCUT2D eigenvalue weighted by molar-refractivity contribution is -0.898. The van der Waals surface area contributed by atoms with Crippen molar-refractivity contribution in [2.45, 2.75) is 32.6 Å². The summed E-state index contributed by atoms with van der Waals surface area (Å²) in [4.78, 5) is 24.8. The highest BCUT2D eigenvalue weighted by atomic mass is 16.2. The molecule has 0 saturated carbocycles. The maximum Gasteiger partial charge on any atom is 0.275 e. The number of benzene rings is 1. The molecule has 5 heteroatoms. The number of quaternary nitrogens is 1. The summed E-state index contributed by atoms with van der Waals surface area (Å²) in [6.45, 7) is 5.29. The fraction of sp³-hybridized carbons (Fsp3) is 0.579. The van der Waals surface area contributed by atoms with Crippen molar-refractivity contribution < 1.29 is 14.5 Å². The van der Waals surface area contributed by atoms with E-state index in [2.05, 4.69) is 41.0 Å². The molecule has 0 aromatic heterocycles. The first-order valence-corrected chi connectivity index (χ1v) is 9.08. The summed E-state index contributed by atoms with van der Waals surface area (Å²) in [7, 11) is 0. The van der Waals surface area contributed by atoms with Gasteiger partial charge in [-0.15, -0.1) is 0 Å². The fourth-order valence-corrected chi connectivity index (χ4v) is 3.21. The summed E-state index contributed by atoms with van der Waals surface area (Å²) < 4.78 is 0. The van der Waals surface area contributed by atoms with Crippen molar-refractivity contribution in [1.82, 2.24) is 10.6 Å². The maximum atomic E-state index is 12.0. The molecule has 1 heterocycles. The van der Waals surface area contributed by atoms with Gasteiger partial charge in [-0.1, -0.05) is 37.3 Å². The quantitative estimate of drug-likeness (QED) is 0.635. The first-order valence-electron chi connectivity index (χ1n) is 9.08. The van der Waals surface area contributed by atoms with Crippen molar-refractivity contribution in [2.75, 3.05) is 32.7 Å². The van der Waals surface area contributed by atoms with Crippen LogP contribution in [0, 0.1) is 5.92 Å². The Balaban J connectivity index is 1.62. The third-order valence-corrected chi connectivity index (χ3v) is 4.61. The lowest BCUT2D eigenvalue weighted by Crippen LogP contribution is -3.14. The summed E-state index contributed by atoms with van der Waals surface area (Å²) in [6, 6.07) is 10.6. The number of carbonyl (C=O) groups excluding carboxylic acids is 2. The summed E-state index contributed by atoms with van der Waals surface area (Å²) in [5, 5.41) is 5.48. The van der Waals surface area contributed by atoms with E-state index < -0.39 is 0 Å². The number of rotatable bonds is 8. The highest BCUT2D eigenvalue weighted by molar-refractivity contribution is 5.84. The molecule has 0 spiro atoms. The maximum absolute atomic E-state index is 12.0. The van der Waals surface area contributed by atoms with Crippen molar-refractivity contribution in [2.24, 2.45) is 5.92 Å². The molecule has 2 amide bonds. The van der Waals surface area contributed by atoms with E-state index in [0.29, 0.717) is 13.1 Å². The van der Waals surface area contributed by atoms with Gasteiger partial charge >= 0.3 is 0 Å². The molecular formula is C19H30N3O2+. The van der Waals surface area contributed by atoms with Crippen LogP contribution in [0.1, 0.15) is 31.7 Å². The van der Waals surface area contributed by atoms with Gasteiger partial charge in [0.1, 0.15) is 0 Å². The van der Waals surface area contributed by atoms with Gasteiger partial charge in [0.2, 0.25) is 5.91 Å². The minimum atomic E-state index is -0.109. The Morgan fingerprint density at radius 1 is 1.08 bits per heavy atom. The van der Waals surface area contributed by atoms with E-state index >= 15 is 0 Å². The molecule has 0 bridgehead atoms. The second kappa shape index (κ2) is 10.1. The van der Waals surface area contributed by atoms with Crippen LogP contribution in [0.5, 0.6) is 0 Å². The van der Waals surface area contributed by atoms with E-state index in [4.69, 9.17) is 0 Å². The van der Waals surface area contributed by atoms with Crippen molar-refractivity contribution in [3.05, 3.63) is 35.9 Å². The minimum Gasteiger partial charge on any atom is -0.355 e. The van der Waals surface area contributed by atoms with Gasteiger partial charge in [-0.25, -0.2) is 0 Å². The van der Waals surface area contributed by atoms with Crippen molar-refractivity contribution in [1.29, 1.82) is 0 Å². The van der Waals surface area contributed by atoms with E-state index in [9.17, 15) is 9.59 Å². The molecule has 0 unspecified atom stereocenters. The van der Waals surface area contributed by atoms with Gasteiger partial charge < -0.3 is 15.5 Å². The molecule has 1 fully saturated rings. The Bertz CT molecular complexity index is 511. The number of nitrogens with one attached hydrogen (secondary N) is 3. The van der Waals surface area contributed by atoms with Gasteiger partial charge in [0, 0.05) is 6.54 Å². The number of hydrogen-bond donors (Lipinski definition) is 3. The van der Waals surface area contributed by atoms with Crippen molar-refractivity contribution >= 4 is 11.8 Å². The third-order valence-electron chi connectivity index (χ3n) is 4.61. The largest absolute Gasteiger partial charge is 0.355 e. The average Bonchev–Trinajstić information content (AvgIpc) is 2.61. The highest BCUT2D eigenvalue weighted by Gasteiger charge is 2.24. The molecule has 0 radical (unpaired) electrons. The minimum absolute atomic E-state index is 0.0295. The molecule has 5 nitrogen and oxygen atoms in total. The van der Waals surface area contributed by atoms with Gasteiger partial charge in [0.25, 0.3) is 5.91 Å². The number of likely N-dealkylation sites (tertiary alicyclic amines) is 1. The topological polar surface area (TPSA) is 62.6 Å². The lowest BCUT2D eigenvalue weighted by atomic mass is 9.90. The number of amides is 2. The lowest BCUT2D eigenvalue weighted by Gasteiger charge is -2.28. The van der Waals surface area contributed by atoms with Crippen LogP contribution in [-0.2, 0) is 16.0 Å². The molecular weight excluding hydrogens is 302 g/mol. The Morgan fingerprint density at radius 3 is 2.46 bits per heavy atom. The number of carbonyl (C=O) groups is 2. The van der Waals surface area contributed by atoms with Crippen LogP contribution >= 0.6 is 0 Å². The second-order valence-electron chi connectivity index (χ2n) is 6.69. The SMILES string of the molecule is CCCNC(=O)CNC(=O)C[NH+]1CCC(Cc2ccccc2)CC1. The molecule has 24 heavy (non-hydrogen) atoms. The predicted octanol–water partition coefficient (Wildman–Crippen LogP) is 0.166. The molecule has 1 aliphatic heterocycles. The standard InChI is InChI=1S/C19H29N3O2/c1-2-10-20-18(23)14-21-19(24)15-22-11-8-17(9-12-22)13-16-6-4-3-5-7-16/h3-7,17H,2,8-15H2,1H3,(H,20,23)(H,21,24)/p+1. The third kappa shape index (κ3) is 6.71. The van der Waals surface area contributed by atoms with Crippen LogP contribution in [0.25, 0.3) is 0 Å². The molecule has 3 N–H and O–H groups in total. The van der Waals surface area contributed by atoms with Crippen molar-refractivity contribution in [3.63, 3.8) is 0 Å². The summed E-state index contributed by atoms with van der Waals surface area (Å²) in [5.41, 5.74) is 1.40. The molecule has 1 saturated heterocycles. The van der Waals surface area contributed by atoms with E-state index in [-0.39, 0.29) is 18.4 Å². The Labute approximate surface area is 144 Å². The van der Waals surface area contributed by atoms with Gasteiger partial charge in [-0.05, 0) is 37.2 Å². The number of piperidine rings is 1. The zero-order chi connectivity index (χ0) is 17.2. The second-order valence-corrected chi connectivity index (χ2v) is 6.69. The van der Waals surface area contributed by atoms with Crippen LogP contribution in [0.15, 0.2) is 30.3 Å². The molecule has 132 valence electrons. The first-order chi connectivity index (χ1) is 11.7. The summed E-state index contributed by atoms with van der Waals surface area (Å²) in [6.07, 6.45) is 4.36. The first kappa shape index (κ1) is 18.5. The van der Waals surface area contributed by atoms with Crippen LogP contribution < -0.4 is 15.5 Å². The fourth-order valence-electron chi connectivity index (χ4n) is 3.21. The Hall–Kier alpha value is -1.88. The monoisotopic (exact) mass is 332 g/mol. The van der Waals surface area contributed by atoms with Crippen molar-refractivity contribution in [3.8, 4) is 0 Å². The van der Waals surface area contributed by atoms with E-state index in [1.165, 1.54) is 10.5 Å². The Morgan fingerprint density at radius 2 is 1.79 bits per heavy atom. The van der Waals surface area contributed by atoms with Gasteiger partial charge in [-0.2, -0.15) is 0 Å². The van der Waals surface area contributed by atoms with Gasteiger partial charge in [-0.3, -0.25) is 9.59 Å². The smallest absolute Gasteiger partial charge is 0.275 e. The van der Waals surface area contributed by atoms with Gasteiger partial charge in [0.05, 0.1) is 19.6 Å².